The molecule has 3 aromatic carbocycles. The molecular weight excluding hydrogens is 496 g/mol. The van der Waals surface area contributed by atoms with Crippen molar-refractivity contribution in [1.82, 2.24) is 19.4 Å². The summed E-state index contributed by atoms with van der Waals surface area (Å²) in [7, 11) is 0. The molecule has 0 amide bonds. The first-order chi connectivity index (χ1) is 19.7. The zero-order valence-corrected chi connectivity index (χ0v) is 23.5. The van der Waals surface area contributed by atoms with E-state index in [0.717, 1.165) is 80.3 Å². The predicted octanol–water partition coefficient (Wildman–Crippen LogP) is 6.32. The van der Waals surface area contributed by atoms with Crippen LogP contribution in [0.15, 0.2) is 84.9 Å². The Bertz CT molecular complexity index is 1390. The zero-order valence-electron chi connectivity index (χ0n) is 23.5. The molecule has 0 N–H and O–H groups in total. The second-order valence-corrected chi connectivity index (χ2v) is 10.5. The van der Waals surface area contributed by atoms with Crippen molar-refractivity contribution in [2.75, 3.05) is 39.3 Å². The summed E-state index contributed by atoms with van der Waals surface area (Å²) < 4.78 is 7.99. The van der Waals surface area contributed by atoms with E-state index in [2.05, 4.69) is 69.8 Å². The van der Waals surface area contributed by atoms with Crippen molar-refractivity contribution in [2.45, 2.75) is 39.3 Å². The fourth-order valence-corrected chi connectivity index (χ4v) is 5.16. The maximum Gasteiger partial charge on any atom is 0.164 e. The van der Waals surface area contributed by atoms with Gasteiger partial charge in [-0.25, -0.2) is 4.98 Å². The summed E-state index contributed by atoms with van der Waals surface area (Å²) in [4.78, 5) is 23.0. The Morgan fingerprint density at radius 3 is 2.40 bits per heavy atom. The third kappa shape index (κ3) is 7.46. The van der Waals surface area contributed by atoms with E-state index in [0.29, 0.717) is 19.6 Å². The molecule has 6 heteroatoms. The highest BCUT2D eigenvalue weighted by atomic mass is 16.5. The van der Waals surface area contributed by atoms with Gasteiger partial charge in [0.15, 0.2) is 5.78 Å². The van der Waals surface area contributed by atoms with Crippen LogP contribution in [0.5, 0.6) is 5.75 Å². The van der Waals surface area contributed by atoms with Crippen molar-refractivity contribution in [3.05, 3.63) is 102 Å². The average molecular weight is 537 g/mol. The molecule has 0 saturated carbocycles. The summed E-state index contributed by atoms with van der Waals surface area (Å²) in [5.74, 6) is 1.99. The predicted molar refractivity (Wildman–Crippen MR) is 163 cm³/mol. The number of nitrogens with zero attached hydrogens (tertiary/aromatic N) is 4. The normalized spacial score (nSPS) is 14.7. The van der Waals surface area contributed by atoms with E-state index in [4.69, 9.17) is 9.72 Å². The van der Waals surface area contributed by atoms with Gasteiger partial charge in [0, 0.05) is 51.3 Å². The van der Waals surface area contributed by atoms with Gasteiger partial charge in [-0.1, -0.05) is 68.0 Å². The highest BCUT2D eigenvalue weighted by Crippen LogP contribution is 2.20. The van der Waals surface area contributed by atoms with Crippen LogP contribution in [0.1, 0.15) is 47.9 Å². The number of aromatic nitrogens is 2. The summed E-state index contributed by atoms with van der Waals surface area (Å²) >= 11 is 0. The number of carbonyl (C=O) groups excluding carboxylic acids is 1. The number of ketones is 1. The van der Waals surface area contributed by atoms with Crippen LogP contribution in [0.25, 0.3) is 17.1 Å². The number of Topliss-reactive ketones (excluding diaryl/α,β-unsaturated/α-hetero) is 1. The standard InChI is InChI=1S/C34H40N4O2/c1-2-3-26-40-30-17-15-29(16-18-30)33(39)19-21-38-32-14-8-7-13-31(32)35-34(38)27-37-24-22-36(23-25-37)20-9-12-28-10-5-4-6-11-28/h4-18H,2-3,19-27H2,1H3. The van der Waals surface area contributed by atoms with Gasteiger partial charge in [0.2, 0.25) is 0 Å². The Morgan fingerprint density at radius 2 is 1.62 bits per heavy atom. The number of aryl methyl sites for hydroxylation is 1. The van der Waals surface area contributed by atoms with Crippen LogP contribution in [0, 0.1) is 0 Å². The van der Waals surface area contributed by atoms with Crippen LogP contribution in [0.2, 0.25) is 0 Å². The molecule has 1 aromatic heterocycles. The number of imidazole rings is 1. The lowest BCUT2D eigenvalue weighted by Crippen LogP contribution is -2.46. The number of hydrogen-bond donors (Lipinski definition) is 0. The molecule has 1 saturated heterocycles. The largest absolute Gasteiger partial charge is 0.494 e. The maximum absolute atomic E-state index is 13.1. The quantitative estimate of drug-likeness (QED) is 0.148. The molecule has 0 unspecified atom stereocenters. The van der Waals surface area contributed by atoms with E-state index in [-0.39, 0.29) is 5.78 Å². The first kappa shape index (κ1) is 27.8. The van der Waals surface area contributed by atoms with Crippen molar-refractivity contribution in [3.8, 4) is 5.75 Å². The SMILES string of the molecule is CCCCOc1ccc(C(=O)CCn2c(CN3CCN(CC=Cc4ccccc4)CC3)nc3ccccc32)cc1. The van der Waals surface area contributed by atoms with E-state index in [9.17, 15) is 4.79 Å². The van der Waals surface area contributed by atoms with Crippen molar-refractivity contribution in [2.24, 2.45) is 0 Å². The fraction of sp³-hybridized carbons (Fsp3) is 0.353. The Hall–Kier alpha value is -3.74. The minimum atomic E-state index is 0.140. The Kier molecular flexibility index (Phi) is 9.77. The van der Waals surface area contributed by atoms with Crippen LogP contribution in [-0.4, -0.2) is 64.5 Å². The summed E-state index contributed by atoms with van der Waals surface area (Å²) in [6.07, 6.45) is 7.03. The van der Waals surface area contributed by atoms with Crippen molar-refractivity contribution < 1.29 is 9.53 Å². The number of hydrogen-bond acceptors (Lipinski definition) is 5. The topological polar surface area (TPSA) is 50.6 Å². The summed E-state index contributed by atoms with van der Waals surface area (Å²) in [5, 5.41) is 0. The zero-order chi connectivity index (χ0) is 27.6. The second-order valence-electron chi connectivity index (χ2n) is 10.5. The second kappa shape index (κ2) is 14.1. The molecule has 1 aliphatic rings. The highest BCUT2D eigenvalue weighted by Gasteiger charge is 2.20. The van der Waals surface area contributed by atoms with Crippen LogP contribution in [-0.2, 0) is 13.1 Å². The molecule has 0 spiro atoms. The molecule has 1 fully saturated rings. The van der Waals surface area contributed by atoms with E-state index in [1.807, 2.05) is 42.5 Å². The Labute approximate surface area is 237 Å². The number of unbranched alkanes of at least 4 members (excludes halogenated alkanes) is 1. The molecule has 0 aliphatic carbocycles. The third-order valence-electron chi connectivity index (χ3n) is 7.54. The monoisotopic (exact) mass is 536 g/mol. The van der Waals surface area contributed by atoms with Gasteiger partial charge in [0.25, 0.3) is 0 Å². The van der Waals surface area contributed by atoms with Gasteiger partial charge in [0.1, 0.15) is 11.6 Å². The molecule has 0 bridgehead atoms. The average Bonchev–Trinajstić information content (AvgIpc) is 3.34. The molecular formula is C34H40N4O2. The lowest BCUT2D eigenvalue weighted by Gasteiger charge is -2.34. The number of rotatable bonds is 13. The molecule has 6 nitrogen and oxygen atoms in total. The van der Waals surface area contributed by atoms with Gasteiger partial charge in [-0.3, -0.25) is 14.6 Å². The fourth-order valence-electron chi connectivity index (χ4n) is 5.16. The number of piperazine rings is 1. The smallest absolute Gasteiger partial charge is 0.164 e. The van der Waals surface area contributed by atoms with E-state index in [1.165, 1.54) is 5.56 Å². The summed E-state index contributed by atoms with van der Waals surface area (Å²) in [5.41, 5.74) is 4.05. The molecule has 0 radical (unpaired) electrons. The number of carbonyl (C=O) groups is 1. The lowest BCUT2D eigenvalue weighted by molar-refractivity contribution is 0.0976. The van der Waals surface area contributed by atoms with Gasteiger partial charge < -0.3 is 9.30 Å². The van der Waals surface area contributed by atoms with E-state index < -0.39 is 0 Å². The van der Waals surface area contributed by atoms with Crippen LogP contribution >= 0.6 is 0 Å². The van der Waals surface area contributed by atoms with Gasteiger partial charge in [-0.05, 0) is 48.4 Å². The summed E-state index contributed by atoms with van der Waals surface area (Å²) in [6, 6.07) is 26.3. The Morgan fingerprint density at radius 1 is 0.900 bits per heavy atom. The number of ether oxygens (including phenoxy) is 1. The van der Waals surface area contributed by atoms with Gasteiger partial charge >= 0.3 is 0 Å². The van der Waals surface area contributed by atoms with Gasteiger partial charge in [-0.15, -0.1) is 0 Å². The van der Waals surface area contributed by atoms with Gasteiger partial charge in [0.05, 0.1) is 24.2 Å². The van der Waals surface area contributed by atoms with Crippen LogP contribution < -0.4 is 4.74 Å². The summed E-state index contributed by atoms with van der Waals surface area (Å²) in [6.45, 7) is 9.32. The molecule has 1 aliphatic heterocycles. The molecule has 208 valence electrons. The molecule has 40 heavy (non-hydrogen) atoms. The van der Waals surface area contributed by atoms with E-state index >= 15 is 0 Å². The number of para-hydroxylation sites is 2. The van der Waals surface area contributed by atoms with Crippen LogP contribution in [0.4, 0.5) is 0 Å². The van der Waals surface area contributed by atoms with Crippen LogP contribution in [0.3, 0.4) is 0 Å². The molecule has 0 atom stereocenters. The number of fused-ring (bicyclic) bond motifs is 1. The first-order valence-electron chi connectivity index (χ1n) is 14.6. The van der Waals surface area contributed by atoms with Crippen molar-refractivity contribution in [1.29, 1.82) is 0 Å². The maximum atomic E-state index is 13.1. The van der Waals surface area contributed by atoms with E-state index in [1.54, 1.807) is 0 Å². The molecule has 5 rings (SSSR count). The highest BCUT2D eigenvalue weighted by molar-refractivity contribution is 5.96. The molecule has 4 aromatic rings. The third-order valence-corrected chi connectivity index (χ3v) is 7.54. The van der Waals surface area contributed by atoms with Gasteiger partial charge in [-0.2, -0.15) is 0 Å². The minimum Gasteiger partial charge on any atom is -0.494 e. The lowest BCUT2D eigenvalue weighted by atomic mass is 10.1. The molecule has 2 heterocycles. The van der Waals surface area contributed by atoms with Crippen molar-refractivity contribution in [3.63, 3.8) is 0 Å². The minimum absolute atomic E-state index is 0.140. The first-order valence-corrected chi connectivity index (χ1v) is 14.6. The Balaban J connectivity index is 1.17. The number of benzene rings is 3. The van der Waals surface area contributed by atoms with Crippen molar-refractivity contribution >= 4 is 22.9 Å².